The van der Waals surface area contributed by atoms with E-state index >= 15 is 0 Å². The third-order valence-corrected chi connectivity index (χ3v) is 4.75. The zero-order chi connectivity index (χ0) is 19.6. The number of benzene rings is 1. The molecule has 9 heteroatoms. The monoisotopic (exact) mass is 399 g/mol. The number of aromatic nitrogens is 2. The molecule has 3 rings (SSSR count). The Labute approximate surface area is 161 Å². The van der Waals surface area contributed by atoms with E-state index in [9.17, 15) is 13.2 Å². The molecule has 0 atom stereocenters. The first-order chi connectivity index (χ1) is 12.8. The summed E-state index contributed by atoms with van der Waals surface area (Å²) in [4.78, 5) is 13.2. The number of alkyl halides is 3. The molecule has 2 heterocycles. The van der Waals surface area contributed by atoms with Gasteiger partial charge in [0.15, 0.2) is 0 Å². The summed E-state index contributed by atoms with van der Waals surface area (Å²) in [7, 11) is 0. The van der Waals surface area contributed by atoms with Crippen LogP contribution in [0.5, 0.6) is 0 Å². The average Bonchev–Trinajstić information content (AvgIpc) is 2.62. The number of nitrogens with zero attached hydrogens (tertiary/aromatic N) is 4. The van der Waals surface area contributed by atoms with Gasteiger partial charge in [0.2, 0.25) is 0 Å². The van der Waals surface area contributed by atoms with Crippen molar-refractivity contribution in [1.29, 1.82) is 0 Å². The molecule has 0 radical (unpaired) electrons. The summed E-state index contributed by atoms with van der Waals surface area (Å²) < 4.78 is 39.9. The maximum absolute atomic E-state index is 13.3. The molecule has 27 heavy (non-hydrogen) atoms. The van der Waals surface area contributed by atoms with Gasteiger partial charge in [0.1, 0.15) is 17.5 Å². The fourth-order valence-electron chi connectivity index (χ4n) is 3.07. The molecule has 0 spiro atoms. The molecule has 146 valence electrons. The fraction of sp³-hybridized carbons (Fsp3) is 0.444. The molecule has 1 aromatic heterocycles. The lowest BCUT2D eigenvalue weighted by atomic mass is 10.1. The second-order valence-corrected chi connectivity index (χ2v) is 6.83. The first-order valence-electron chi connectivity index (χ1n) is 8.73. The molecule has 1 saturated heterocycles. The molecule has 0 amide bonds. The van der Waals surface area contributed by atoms with Gasteiger partial charge in [-0.05, 0) is 31.7 Å². The van der Waals surface area contributed by atoms with Gasteiger partial charge >= 0.3 is 6.18 Å². The predicted octanol–water partition coefficient (Wildman–Crippen LogP) is 4.34. The van der Waals surface area contributed by atoms with Crippen LogP contribution in [-0.4, -0.2) is 47.6 Å². The Morgan fingerprint density at radius 1 is 1.11 bits per heavy atom. The number of halogens is 4. The third-order valence-electron chi connectivity index (χ3n) is 4.52. The highest BCUT2D eigenvalue weighted by Crippen LogP contribution is 2.37. The number of aryl methyl sites for hydroxylation is 1. The fourth-order valence-corrected chi connectivity index (χ4v) is 3.24. The standard InChI is InChI=1S/C18H21ClF3N5/c1-3-26-6-8-27(9-7-26)17-11-16(23-12(2)24-17)25-15-5-4-13(19)10-14(15)18(20,21)22/h4-5,10-11H,3,6-9H2,1-2H3,(H,23,24,25). The van der Waals surface area contributed by atoms with Crippen LogP contribution in [0.4, 0.5) is 30.5 Å². The molecule has 1 aliphatic heterocycles. The molecular weight excluding hydrogens is 379 g/mol. The van der Waals surface area contributed by atoms with E-state index < -0.39 is 11.7 Å². The van der Waals surface area contributed by atoms with Crippen molar-refractivity contribution in [2.75, 3.05) is 42.9 Å². The van der Waals surface area contributed by atoms with Gasteiger partial charge in [-0.3, -0.25) is 0 Å². The summed E-state index contributed by atoms with van der Waals surface area (Å²) in [6.45, 7) is 8.34. The molecule has 1 aliphatic rings. The van der Waals surface area contributed by atoms with E-state index in [1.54, 1.807) is 13.0 Å². The van der Waals surface area contributed by atoms with Crippen molar-refractivity contribution < 1.29 is 13.2 Å². The van der Waals surface area contributed by atoms with Crippen LogP contribution in [0.15, 0.2) is 24.3 Å². The minimum Gasteiger partial charge on any atom is -0.354 e. The highest BCUT2D eigenvalue weighted by atomic mass is 35.5. The summed E-state index contributed by atoms with van der Waals surface area (Å²) in [6, 6.07) is 5.31. The van der Waals surface area contributed by atoms with E-state index in [2.05, 4.69) is 32.0 Å². The second kappa shape index (κ2) is 7.90. The maximum atomic E-state index is 13.3. The van der Waals surface area contributed by atoms with E-state index in [4.69, 9.17) is 11.6 Å². The zero-order valence-electron chi connectivity index (χ0n) is 15.1. The second-order valence-electron chi connectivity index (χ2n) is 6.39. The van der Waals surface area contributed by atoms with Crippen molar-refractivity contribution >= 4 is 28.9 Å². The molecule has 1 N–H and O–H groups in total. The van der Waals surface area contributed by atoms with Gasteiger partial charge in [-0.25, -0.2) is 9.97 Å². The Morgan fingerprint density at radius 3 is 2.44 bits per heavy atom. The number of likely N-dealkylation sites (N-methyl/N-ethyl adjacent to an activating group) is 1. The Morgan fingerprint density at radius 2 is 1.81 bits per heavy atom. The lowest BCUT2D eigenvalue weighted by Crippen LogP contribution is -2.46. The zero-order valence-corrected chi connectivity index (χ0v) is 15.9. The highest BCUT2D eigenvalue weighted by molar-refractivity contribution is 6.30. The first kappa shape index (κ1) is 19.7. The maximum Gasteiger partial charge on any atom is 0.418 e. The number of hydrogen-bond acceptors (Lipinski definition) is 5. The Hall–Kier alpha value is -2.06. The van der Waals surface area contributed by atoms with Crippen molar-refractivity contribution in [3.63, 3.8) is 0 Å². The van der Waals surface area contributed by atoms with Crippen molar-refractivity contribution in [1.82, 2.24) is 14.9 Å². The third kappa shape index (κ3) is 4.81. The molecule has 1 aromatic carbocycles. The van der Waals surface area contributed by atoms with Gasteiger partial charge < -0.3 is 15.1 Å². The van der Waals surface area contributed by atoms with Crippen LogP contribution in [0, 0.1) is 6.92 Å². The molecule has 0 bridgehead atoms. The van der Waals surface area contributed by atoms with Crippen molar-refractivity contribution in [3.8, 4) is 0 Å². The van der Waals surface area contributed by atoms with Crippen molar-refractivity contribution in [2.45, 2.75) is 20.0 Å². The summed E-state index contributed by atoms with van der Waals surface area (Å²) >= 11 is 5.74. The smallest absolute Gasteiger partial charge is 0.354 e. The molecule has 0 aliphatic carbocycles. The summed E-state index contributed by atoms with van der Waals surface area (Å²) in [5, 5.41) is 2.81. The minimum absolute atomic E-state index is 0.0289. The van der Waals surface area contributed by atoms with Crippen LogP contribution in [0.25, 0.3) is 0 Å². The summed E-state index contributed by atoms with van der Waals surface area (Å²) in [5.74, 6) is 1.53. The van der Waals surface area contributed by atoms with Crippen LogP contribution in [-0.2, 0) is 6.18 Å². The minimum atomic E-state index is -4.52. The number of rotatable bonds is 4. The quantitative estimate of drug-likeness (QED) is 0.828. The van der Waals surface area contributed by atoms with E-state index in [1.807, 2.05) is 0 Å². The molecule has 0 unspecified atom stereocenters. The molecule has 2 aromatic rings. The number of anilines is 3. The number of piperazine rings is 1. The normalized spacial score (nSPS) is 15.9. The van der Waals surface area contributed by atoms with Gasteiger partial charge in [-0.2, -0.15) is 13.2 Å². The van der Waals surface area contributed by atoms with Gasteiger partial charge in [0, 0.05) is 37.3 Å². The first-order valence-corrected chi connectivity index (χ1v) is 9.11. The molecular formula is C18H21ClF3N5. The highest BCUT2D eigenvalue weighted by Gasteiger charge is 2.34. The predicted molar refractivity (Wildman–Crippen MR) is 101 cm³/mol. The van der Waals surface area contributed by atoms with E-state index in [0.717, 1.165) is 38.8 Å². The SMILES string of the molecule is CCN1CCN(c2cc(Nc3ccc(Cl)cc3C(F)(F)F)nc(C)n2)CC1. The van der Waals surface area contributed by atoms with E-state index in [1.165, 1.54) is 12.1 Å². The van der Waals surface area contributed by atoms with Crippen molar-refractivity contribution in [2.24, 2.45) is 0 Å². The Bertz CT molecular complexity index is 804. The van der Waals surface area contributed by atoms with Gasteiger partial charge in [0.25, 0.3) is 0 Å². The van der Waals surface area contributed by atoms with Crippen LogP contribution < -0.4 is 10.2 Å². The number of hydrogen-bond donors (Lipinski definition) is 1. The Kier molecular flexibility index (Phi) is 5.76. The van der Waals surface area contributed by atoms with Gasteiger partial charge in [0.05, 0.1) is 11.3 Å². The lowest BCUT2D eigenvalue weighted by Gasteiger charge is -2.34. The molecule has 1 fully saturated rings. The van der Waals surface area contributed by atoms with E-state index in [0.29, 0.717) is 17.5 Å². The van der Waals surface area contributed by atoms with Crippen LogP contribution in [0.2, 0.25) is 5.02 Å². The van der Waals surface area contributed by atoms with Crippen LogP contribution in [0.1, 0.15) is 18.3 Å². The number of nitrogens with one attached hydrogen (secondary N) is 1. The summed E-state index contributed by atoms with van der Waals surface area (Å²) in [5.41, 5.74) is -0.920. The van der Waals surface area contributed by atoms with Crippen LogP contribution in [0.3, 0.4) is 0 Å². The average molecular weight is 400 g/mol. The van der Waals surface area contributed by atoms with E-state index in [-0.39, 0.29) is 10.7 Å². The van der Waals surface area contributed by atoms with Crippen molar-refractivity contribution in [3.05, 3.63) is 40.7 Å². The Balaban J connectivity index is 1.86. The molecule has 0 saturated carbocycles. The summed E-state index contributed by atoms with van der Waals surface area (Å²) in [6.07, 6.45) is -4.52. The topological polar surface area (TPSA) is 44.3 Å². The molecule has 5 nitrogen and oxygen atoms in total. The lowest BCUT2D eigenvalue weighted by molar-refractivity contribution is -0.136. The van der Waals surface area contributed by atoms with Gasteiger partial charge in [-0.1, -0.05) is 18.5 Å². The van der Waals surface area contributed by atoms with Crippen LogP contribution >= 0.6 is 11.6 Å². The van der Waals surface area contributed by atoms with Gasteiger partial charge in [-0.15, -0.1) is 0 Å². The largest absolute Gasteiger partial charge is 0.418 e.